The fraction of sp³-hybridized carbons (Fsp3) is 0.100. The summed E-state index contributed by atoms with van der Waals surface area (Å²) < 4.78 is 8.91. The van der Waals surface area contributed by atoms with Crippen LogP contribution in [0, 0.1) is 11.8 Å². The molecule has 0 spiro atoms. The lowest BCUT2D eigenvalue weighted by molar-refractivity contribution is 0.779. The molecular formula is C10H8N4O. The van der Waals surface area contributed by atoms with Gasteiger partial charge in [0.2, 0.25) is 0 Å². The molecule has 0 atom stereocenters. The van der Waals surface area contributed by atoms with E-state index in [-0.39, 0.29) is 6.04 Å². The largest absolute Gasteiger partial charge is 0.365 e. The zero-order chi connectivity index (χ0) is 11.5. The van der Waals surface area contributed by atoms with E-state index in [4.69, 9.17) is 1.37 Å². The average Bonchev–Trinajstić information content (AvgIpc) is 2.68. The molecule has 1 aromatic carbocycles. The highest BCUT2D eigenvalue weighted by atomic mass is 16.2. The number of aromatic nitrogens is 4. The maximum Gasteiger partial charge on any atom is 0.365 e. The van der Waals surface area contributed by atoms with E-state index in [1.54, 1.807) is 25.1 Å². The number of aromatic amines is 1. The molecule has 0 saturated heterocycles. The highest BCUT2D eigenvalue weighted by Gasteiger charge is 2.02. The Morgan fingerprint density at radius 2 is 2.47 bits per heavy atom. The van der Waals surface area contributed by atoms with Crippen molar-refractivity contribution < 1.29 is 1.37 Å². The Hall–Kier alpha value is -2.35. The van der Waals surface area contributed by atoms with Crippen LogP contribution in [-0.4, -0.2) is 20.2 Å². The van der Waals surface area contributed by atoms with E-state index in [0.29, 0.717) is 11.3 Å². The summed E-state index contributed by atoms with van der Waals surface area (Å²) in [7, 11) is 0. The van der Waals surface area contributed by atoms with Gasteiger partial charge >= 0.3 is 5.69 Å². The van der Waals surface area contributed by atoms with Crippen LogP contribution in [0.25, 0.3) is 5.69 Å². The maximum atomic E-state index is 11.3. The van der Waals surface area contributed by atoms with Gasteiger partial charge in [-0.3, -0.25) is 0 Å². The summed E-state index contributed by atoms with van der Waals surface area (Å²) in [5, 5.41) is 9.12. The maximum absolute atomic E-state index is 11.3. The summed E-state index contributed by atoms with van der Waals surface area (Å²) in [5.41, 5.74) is 0.434. The number of H-pyrrole nitrogens is 1. The topological polar surface area (TPSA) is 63.6 Å². The van der Waals surface area contributed by atoms with Gasteiger partial charge in [-0.05, 0) is 35.5 Å². The molecule has 0 unspecified atom stereocenters. The number of tetrazole rings is 1. The predicted octanol–water partition coefficient (Wildman–Crippen LogP) is 0.327. The molecule has 0 fully saturated rings. The Labute approximate surface area is 87.1 Å². The van der Waals surface area contributed by atoms with Crippen molar-refractivity contribution in [3.63, 3.8) is 0 Å². The molecule has 1 aromatic heterocycles. The van der Waals surface area contributed by atoms with Gasteiger partial charge in [0.1, 0.15) is 0 Å². The van der Waals surface area contributed by atoms with Gasteiger partial charge in [-0.25, -0.2) is 9.89 Å². The Bertz CT molecular complexity index is 632. The quantitative estimate of drug-likeness (QED) is 0.677. The van der Waals surface area contributed by atoms with E-state index < -0.39 is 5.69 Å². The van der Waals surface area contributed by atoms with Gasteiger partial charge in [-0.1, -0.05) is 12.0 Å². The number of rotatable bonds is 1. The molecule has 0 aliphatic carbocycles. The minimum absolute atomic E-state index is 0.160. The summed E-state index contributed by atoms with van der Waals surface area (Å²) in [5.74, 6) is 5.50. The first-order valence-corrected chi connectivity index (χ1v) is 4.27. The van der Waals surface area contributed by atoms with Crippen molar-refractivity contribution in [3.05, 3.63) is 40.3 Å². The summed E-state index contributed by atoms with van der Waals surface area (Å²) in [6, 6.07) is 5.21. The van der Waals surface area contributed by atoms with Crippen molar-refractivity contribution >= 4 is 0 Å². The molecule has 0 radical (unpaired) electrons. The number of hydrogen-bond donors (Lipinski definition) is 1. The van der Waals surface area contributed by atoms with Crippen molar-refractivity contribution in [2.75, 3.05) is 0 Å². The number of benzene rings is 1. The van der Waals surface area contributed by atoms with Crippen LogP contribution in [0.3, 0.4) is 0 Å². The minimum atomic E-state index is -0.477. The third-order valence-corrected chi connectivity index (χ3v) is 1.74. The Morgan fingerprint density at radius 1 is 1.60 bits per heavy atom. The molecule has 0 bridgehead atoms. The summed E-state index contributed by atoms with van der Waals surface area (Å²) in [6.07, 6.45) is 0. The molecule has 2 rings (SSSR count). The second kappa shape index (κ2) is 3.80. The van der Waals surface area contributed by atoms with Crippen molar-refractivity contribution in [2.24, 2.45) is 0 Å². The molecular weight excluding hydrogens is 192 g/mol. The fourth-order valence-electron chi connectivity index (χ4n) is 1.14. The van der Waals surface area contributed by atoms with Crippen molar-refractivity contribution in [1.82, 2.24) is 20.2 Å². The first kappa shape index (κ1) is 8.00. The molecule has 0 amide bonds. The van der Waals surface area contributed by atoms with Gasteiger partial charge in [0, 0.05) is 5.56 Å². The summed E-state index contributed by atoms with van der Waals surface area (Å²) >= 11 is 0. The van der Waals surface area contributed by atoms with Crippen molar-refractivity contribution in [1.29, 1.82) is 0 Å². The van der Waals surface area contributed by atoms with Crippen molar-refractivity contribution in [2.45, 2.75) is 6.92 Å². The first-order valence-electron chi connectivity index (χ1n) is 4.77. The third kappa shape index (κ3) is 1.79. The van der Waals surface area contributed by atoms with Crippen LogP contribution in [0.2, 0.25) is 0 Å². The van der Waals surface area contributed by atoms with E-state index in [1.165, 1.54) is 0 Å². The van der Waals surface area contributed by atoms with E-state index in [9.17, 15) is 4.79 Å². The van der Waals surface area contributed by atoms with Crippen LogP contribution in [0.5, 0.6) is 0 Å². The monoisotopic (exact) mass is 202 g/mol. The van der Waals surface area contributed by atoms with E-state index in [0.717, 1.165) is 4.68 Å². The van der Waals surface area contributed by atoms with Crippen LogP contribution in [0.4, 0.5) is 0 Å². The van der Waals surface area contributed by atoms with Crippen LogP contribution in [0.1, 0.15) is 13.9 Å². The van der Waals surface area contributed by atoms with Gasteiger partial charge in [-0.15, -0.1) is 5.92 Å². The van der Waals surface area contributed by atoms with E-state index >= 15 is 0 Å². The zero-order valence-corrected chi connectivity index (χ0v) is 7.98. The highest BCUT2D eigenvalue weighted by Crippen LogP contribution is 2.05. The third-order valence-electron chi connectivity index (χ3n) is 1.74. The van der Waals surface area contributed by atoms with Crippen LogP contribution < -0.4 is 5.69 Å². The molecule has 1 N–H and O–H groups in total. The van der Waals surface area contributed by atoms with Gasteiger partial charge in [0.05, 0.1) is 7.06 Å². The van der Waals surface area contributed by atoms with E-state index in [1.807, 2.05) is 0 Å². The zero-order valence-electron chi connectivity index (χ0n) is 8.98. The predicted molar refractivity (Wildman–Crippen MR) is 54.5 cm³/mol. The van der Waals surface area contributed by atoms with Gasteiger partial charge in [-0.2, -0.15) is 4.68 Å². The molecule has 1 heterocycles. The van der Waals surface area contributed by atoms with Gasteiger partial charge < -0.3 is 0 Å². The minimum Gasteiger partial charge on any atom is -0.244 e. The molecule has 0 aliphatic heterocycles. The number of hydrogen-bond acceptors (Lipinski definition) is 3. The Morgan fingerprint density at radius 3 is 3.13 bits per heavy atom. The smallest absolute Gasteiger partial charge is 0.244 e. The second-order valence-electron chi connectivity index (χ2n) is 2.74. The first-order chi connectivity index (χ1) is 7.74. The highest BCUT2D eigenvalue weighted by molar-refractivity contribution is 5.42. The van der Waals surface area contributed by atoms with Crippen molar-refractivity contribution in [3.8, 4) is 17.5 Å². The molecule has 5 nitrogen and oxygen atoms in total. The van der Waals surface area contributed by atoms with Crippen LogP contribution in [-0.2, 0) is 0 Å². The van der Waals surface area contributed by atoms with Crippen LogP contribution >= 0.6 is 0 Å². The molecule has 74 valence electrons. The summed E-state index contributed by atoms with van der Waals surface area (Å²) in [6.45, 7) is 1.69. The fourth-order valence-corrected chi connectivity index (χ4v) is 1.14. The molecule has 0 saturated carbocycles. The lowest BCUT2D eigenvalue weighted by Gasteiger charge is -1.97. The molecule has 15 heavy (non-hydrogen) atoms. The lowest BCUT2D eigenvalue weighted by Crippen LogP contribution is -2.15. The Kier molecular flexibility index (Phi) is 2.03. The van der Waals surface area contributed by atoms with Gasteiger partial charge in [0.15, 0.2) is 0 Å². The SMILES string of the molecule is [3H]c1c(C#CC)cccc1-n1nn[nH]c1=O. The average molecular weight is 202 g/mol. The Balaban J connectivity index is 2.66. The lowest BCUT2D eigenvalue weighted by atomic mass is 10.2. The molecule has 5 heteroatoms. The summed E-state index contributed by atoms with van der Waals surface area (Å²) in [4.78, 5) is 11.3. The number of nitrogens with one attached hydrogen (secondary N) is 1. The standard InChI is InChI=1S/C10H8N4O/c1-2-4-8-5-3-6-9(7-8)14-10(15)11-12-13-14/h3,5-7H,1H3,(H,11,13,15)/i7T. The van der Waals surface area contributed by atoms with E-state index in [2.05, 4.69) is 27.4 Å². The molecule has 2 aromatic rings. The second-order valence-corrected chi connectivity index (χ2v) is 2.74. The number of nitrogens with zero attached hydrogens (tertiary/aromatic N) is 3. The normalized spacial score (nSPS) is 10.3. The molecule has 0 aliphatic rings. The van der Waals surface area contributed by atoms with Gasteiger partial charge in [0.25, 0.3) is 0 Å². The van der Waals surface area contributed by atoms with Crippen LogP contribution in [0.15, 0.2) is 29.0 Å².